The first kappa shape index (κ1) is 17.9. The van der Waals surface area contributed by atoms with E-state index in [9.17, 15) is 4.79 Å². The van der Waals surface area contributed by atoms with Gasteiger partial charge in [0.25, 0.3) is 0 Å². The number of thioether (sulfide) groups is 1. The number of rotatable bonds is 7. The van der Waals surface area contributed by atoms with Crippen molar-refractivity contribution in [3.63, 3.8) is 0 Å². The second kappa shape index (κ2) is 8.96. The Morgan fingerprint density at radius 1 is 1.26 bits per heavy atom. The number of amides is 1. The number of ether oxygens (including phenoxy) is 1. The van der Waals surface area contributed by atoms with Gasteiger partial charge in [0.15, 0.2) is 0 Å². The van der Waals surface area contributed by atoms with Crippen molar-refractivity contribution in [2.24, 2.45) is 0 Å². The minimum Gasteiger partial charge on any atom is -0.380 e. The highest BCUT2D eigenvalue weighted by Crippen LogP contribution is 2.27. The van der Waals surface area contributed by atoms with E-state index in [1.807, 2.05) is 55.5 Å². The van der Waals surface area contributed by atoms with Gasteiger partial charge >= 0.3 is 0 Å². The molecule has 3 nitrogen and oxygen atoms in total. The van der Waals surface area contributed by atoms with Crippen LogP contribution in [0.2, 0.25) is 5.02 Å². The van der Waals surface area contributed by atoms with Crippen LogP contribution in [0.4, 0.5) is 5.69 Å². The first-order valence-electron chi connectivity index (χ1n) is 7.43. The lowest BCUT2D eigenvalue weighted by atomic mass is 10.2. The number of methoxy groups -OCH3 is 1. The van der Waals surface area contributed by atoms with Gasteiger partial charge in [-0.2, -0.15) is 0 Å². The van der Waals surface area contributed by atoms with Crippen molar-refractivity contribution in [2.75, 3.05) is 12.4 Å². The van der Waals surface area contributed by atoms with E-state index in [0.717, 1.165) is 22.6 Å². The van der Waals surface area contributed by atoms with Gasteiger partial charge in [0.1, 0.15) is 0 Å². The second-order valence-corrected chi connectivity index (χ2v) is 6.80. The van der Waals surface area contributed by atoms with E-state index in [2.05, 4.69) is 5.32 Å². The molecule has 1 atom stereocenters. The second-order valence-electron chi connectivity index (χ2n) is 5.09. The molecular formula is C18H20ClNO2S. The largest absolute Gasteiger partial charge is 0.380 e. The fourth-order valence-electron chi connectivity index (χ4n) is 2.13. The van der Waals surface area contributed by atoms with Gasteiger partial charge in [-0.15, -0.1) is 11.8 Å². The van der Waals surface area contributed by atoms with Crippen LogP contribution >= 0.6 is 23.4 Å². The number of hydrogen-bond acceptors (Lipinski definition) is 3. The zero-order valence-corrected chi connectivity index (χ0v) is 14.8. The van der Waals surface area contributed by atoms with Gasteiger partial charge in [0, 0.05) is 22.7 Å². The molecule has 0 saturated carbocycles. The summed E-state index contributed by atoms with van der Waals surface area (Å²) < 4.78 is 5.12. The highest BCUT2D eigenvalue weighted by molar-refractivity contribution is 8.00. The van der Waals surface area contributed by atoms with Crippen LogP contribution < -0.4 is 5.32 Å². The Balaban J connectivity index is 2.02. The van der Waals surface area contributed by atoms with Gasteiger partial charge in [-0.3, -0.25) is 4.79 Å². The topological polar surface area (TPSA) is 38.3 Å². The quantitative estimate of drug-likeness (QED) is 0.715. The molecule has 5 heteroatoms. The first-order chi connectivity index (χ1) is 11.1. The van der Waals surface area contributed by atoms with Crippen LogP contribution in [-0.4, -0.2) is 18.3 Å². The molecule has 0 aromatic heterocycles. The van der Waals surface area contributed by atoms with E-state index in [0.29, 0.717) is 11.6 Å². The molecule has 2 rings (SSSR count). The Morgan fingerprint density at radius 2 is 2.00 bits per heavy atom. The number of halogens is 1. The maximum atomic E-state index is 12.5. The van der Waals surface area contributed by atoms with E-state index in [1.54, 1.807) is 18.9 Å². The smallest absolute Gasteiger partial charge is 0.237 e. The van der Waals surface area contributed by atoms with E-state index in [1.165, 1.54) is 0 Å². The van der Waals surface area contributed by atoms with Gasteiger partial charge in [0.05, 0.1) is 11.9 Å². The molecular weight excluding hydrogens is 330 g/mol. The molecule has 122 valence electrons. The Kier molecular flexibility index (Phi) is 6.96. The Labute approximate surface area is 146 Å². The fourth-order valence-corrected chi connectivity index (χ4v) is 3.21. The lowest BCUT2D eigenvalue weighted by Gasteiger charge is -2.15. The lowest BCUT2D eigenvalue weighted by Crippen LogP contribution is -2.24. The van der Waals surface area contributed by atoms with Crippen molar-refractivity contribution in [1.29, 1.82) is 0 Å². The molecule has 0 heterocycles. The van der Waals surface area contributed by atoms with Gasteiger partial charge in [-0.05, 0) is 48.4 Å². The maximum absolute atomic E-state index is 12.5. The molecule has 1 unspecified atom stereocenters. The molecule has 1 amide bonds. The molecule has 0 aliphatic carbocycles. The summed E-state index contributed by atoms with van der Waals surface area (Å²) >= 11 is 7.44. The third-order valence-corrected chi connectivity index (χ3v) is 4.89. The summed E-state index contributed by atoms with van der Waals surface area (Å²) in [5, 5.41) is 3.53. The van der Waals surface area contributed by atoms with Crippen molar-refractivity contribution in [3.05, 3.63) is 59.1 Å². The third kappa shape index (κ3) is 5.57. The summed E-state index contributed by atoms with van der Waals surface area (Å²) in [6.45, 7) is 2.54. The van der Waals surface area contributed by atoms with Gasteiger partial charge in [-0.1, -0.05) is 30.7 Å². The number of carbonyl (C=O) groups is 1. The summed E-state index contributed by atoms with van der Waals surface area (Å²) in [5.74, 6) is 0.00187. The zero-order chi connectivity index (χ0) is 16.7. The van der Waals surface area contributed by atoms with Crippen LogP contribution in [0.25, 0.3) is 0 Å². The molecule has 0 saturated heterocycles. The van der Waals surface area contributed by atoms with Crippen molar-refractivity contribution in [1.82, 2.24) is 0 Å². The molecule has 0 bridgehead atoms. The minimum atomic E-state index is -0.151. The SMILES string of the molecule is CCC(Sc1ccc(Cl)cc1)C(=O)Nc1cccc(COC)c1. The Hall–Kier alpha value is -1.49. The maximum Gasteiger partial charge on any atom is 0.237 e. The van der Waals surface area contributed by atoms with E-state index < -0.39 is 0 Å². The molecule has 23 heavy (non-hydrogen) atoms. The van der Waals surface area contributed by atoms with E-state index in [4.69, 9.17) is 16.3 Å². The van der Waals surface area contributed by atoms with Crippen molar-refractivity contribution >= 4 is 35.0 Å². The molecule has 2 aromatic carbocycles. The Morgan fingerprint density at radius 3 is 2.65 bits per heavy atom. The standard InChI is InChI=1S/C18H20ClNO2S/c1-3-17(23-16-9-7-14(19)8-10-16)18(21)20-15-6-4-5-13(11-15)12-22-2/h4-11,17H,3,12H2,1-2H3,(H,20,21). The zero-order valence-electron chi connectivity index (χ0n) is 13.2. The number of hydrogen-bond donors (Lipinski definition) is 1. The van der Waals surface area contributed by atoms with Gasteiger partial charge < -0.3 is 10.1 Å². The van der Waals surface area contributed by atoms with Crippen molar-refractivity contribution in [2.45, 2.75) is 30.1 Å². The van der Waals surface area contributed by atoms with E-state index in [-0.39, 0.29) is 11.2 Å². The van der Waals surface area contributed by atoms with Crippen molar-refractivity contribution in [3.8, 4) is 0 Å². The number of anilines is 1. The summed E-state index contributed by atoms with van der Waals surface area (Å²) in [7, 11) is 1.65. The van der Waals surface area contributed by atoms with Crippen LogP contribution in [0.15, 0.2) is 53.4 Å². The van der Waals surface area contributed by atoms with Gasteiger partial charge in [-0.25, -0.2) is 0 Å². The number of benzene rings is 2. The third-order valence-electron chi connectivity index (χ3n) is 3.26. The molecule has 0 aliphatic heterocycles. The number of nitrogens with one attached hydrogen (secondary N) is 1. The van der Waals surface area contributed by atoms with Crippen LogP contribution in [0.5, 0.6) is 0 Å². The molecule has 0 aliphatic rings. The normalized spacial score (nSPS) is 12.0. The predicted molar refractivity (Wildman–Crippen MR) is 97.2 cm³/mol. The Bertz CT molecular complexity index is 646. The summed E-state index contributed by atoms with van der Waals surface area (Å²) in [6.07, 6.45) is 0.747. The first-order valence-corrected chi connectivity index (χ1v) is 8.69. The monoisotopic (exact) mass is 349 g/mol. The fraction of sp³-hybridized carbons (Fsp3) is 0.278. The summed E-state index contributed by atoms with van der Waals surface area (Å²) in [6, 6.07) is 15.2. The highest BCUT2D eigenvalue weighted by atomic mass is 35.5. The number of carbonyl (C=O) groups excluding carboxylic acids is 1. The summed E-state index contributed by atoms with van der Waals surface area (Å²) in [5.41, 5.74) is 1.82. The minimum absolute atomic E-state index is 0.00187. The molecule has 0 fully saturated rings. The molecule has 1 N–H and O–H groups in total. The van der Waals surface area contributed by atoms with E-state index >= 15 is 0 Å². The predicted octanol–water partition coefficient (Wildman–Crippen LogP) is 5.00. The van der Waals surface area contributed by atoms with Crippen LogP contribution in [-0.2, 0) is 16.1 Å². The van der Waals surface area contributed by atoms with Crippen molar-refractivity contribution < 1.29 is 9.53 Å². The molecule has 0 spiro atoms. The molecule has 2 aromatic rings. The highest BCUT2D eigenvalue weighted by Gasteiger charge is 2.18. The van der Waals surface area contributed by atoms with Crippen LogP contribution in [0.3, 0.4) is 0 Å². The average Bonchev–Trinajstić information content (AvgIpc) is 2.55. The average molecular weight is 350 g/mol. The van der Waals surface area contributed by atoms with Crippen LogP contribution in [0.1, 0.15) is 18.9 Å². The molecule has 0 radical (unpaired) electrons. The lowest BCUT2D eigenvalue weighted by molar-refractivity contribution is -0.115. The summed E-state index contributed by atoms with van der Waals surface area (Å²) in [4.78, 5) is 13.5. The van der Waals surface area contributed by atoms with Gasteiger partial charge in [0.2, 0.25) is 5.91 Å². The van der Waals surface area contributed by atoms with Crippen LogP contribution in [0, 0.1) is 0 Å².